The summed E-state index contributed by atoms with van der Waals surface area (Å²) >= 11 is 1.21. The number of rotatable bonds is 5. The van der Waals surface area contributed by atoms with Crippen molar-refractivity contribution in [3.05, 3.63) is 48.0 Å². The van der Waals surface area contributed by atoms with Gasteiger partial charge in [-0.1, -0.05) is 11.8 Å². The number of anilines is 1. The van der Waals surface area contributed by atoms with E-state index in [0.717, 1.165) is 0 Å². The zero-order chi connectivity index (χ0) is 19.7. The largest absolute Gasteiger partial charge is 0.508 e. The van der Waals surface area contributed by atoms with Crippen LogP contribution in [0.15, 0.2) is 47.6 Å². The summed E-state index contributed by atoms with van der Waals surface area (Å²) in [5.74, 6) is 0.284. The number of hydrogen-bond acceptors (Lipinski definition) is 8. The first-order valence-corrected chi connectivity index (χ1v) is 9.24. The van der Waals surface area contributed by atoms with E-state index in [9.17, 15) is 14.7 Å². The number of ketones is 1. The highest BCUT2D eigenvalue weighted by Gasteiger charge is 2.23. The number of hydrogen-bond donors (Lipinski definition) is 2. The molecule has 28 heavy (non-hydrogen) atoms. The molecule has 1 atom stereocenters. The summed E-state index contributed by atoms with van der Waals surface area (Å²) < 4.78 is 6.81. The molecule has 0 aliphatic carbocycles. The van der Waals surface area contributed by atoms with Gasteiger partial charge in [0, 0.05) is 5.56 Å². The number of nitrogens with zero attached hydrogens (tertiary/aromatic N) is 4. The molecule has 1 amide bonds. The molecule has 142 valence electrons. The second-order valence-electron chi connectivity index (χ2n) is 6.06. The molecule has 0 radical (unpaired) electrons. The van der Waals surface area contributed by atoms with Crippen molar-refractivity contribution in [2.45, 2.75) is 17.3 Å². The maximum Gasteiger partial charge on any atom is 0.262 e. The normalized spacial score (nSPS) is 14.0. The summed E-state index contributed by atoms with van der Waals surface area (Å²) in [6, 6.07) is 11.4. The second-order valence-corrected chi connectivity index (χ2v) is 7.37. The van der Waals surface area contributed by atoms with Crippen molar-refractivity contribution in [3.8, 4) is 17.2 Å². The number of nitrogens with one attached hydrogen (secondary N) is 1. The summed E-state index contributed by atoms with van der Waals surface area (Å²) in [7, 11) is 0. The van der Waals surface area contributed by atoms with Crippen LogP contribution < -0.4 is 10.1 Å². The minimum Gasteiger partial charge on any atom is -0.508 e. The van der Waals surface area contributed by atoms with Gasteiger partial charge in [0.05, 0.1) is 16.6 Å². The molecule has 1 aliphatic heterocycles. The number of phenols is 1. The Balaban J connectivity index is 1.53. The lowest BCUT2D eigenvalue weighted by Gasteiger charge is -2.19. The second kappa shape index (κ2) is 7.31. The molecule has 1 aliphatic rings. The molecule has 9 nitrogen and oxygen atoms in total. The summed E-state index contributed by atoms with van der Waals surface area (Å²) in [5, 5.41) is 23.7. The van der Waals surface area contributed by atoms with Crippen LogP contribution in [0.3, 0.4) is 0 Å². The molecule has 1 aromatic heterocycles. The molecular weight excluding hydrogens is 382 g/mol. The molecule has 0 saturated carbocycles. The Hall–Kier alpha value is -3.40. The van der Waals surface area contributed by atoms with Gasteiger partial charge in [-0.3, -0.25) is 9.59 Å². The third-order valence-electron chi connectivity index (χ3n) is 4.08. The first kappa shape index (κ1) is 18.0. The summed E-state index contributed by atoms with van der Waals surface area (Å²) in [6.07, 6.45) is 0. The van der Waals surface area contributed by atoms with Crippen LogP contribution in [0.1, 0.15) is 17.3 Å². The molecule has 0 fully saturated rings. The van der Waals surface area contributed by atoms with E-state index in [-0.39, 0.29) is 24.0 Å². The Kier molecular flexibility index (Phi) is 4.70. The van der Waals surface area contributed by atoms with Gasteiger partial charge in [0.1, 0.15) is 11.5 Å². The van der Waals surface area contributed by atoms with Crippen LogP contribution in [0.5, 0.6) is 11.5 Å². The van der Waals surface area contributed by atoms with Crippen LogP contribution in [0, 0.1) is 0 Å². The van der Waals surface area contributed by atoms with Crippen LogP contribution in [0.25, 0.3) is 5.69 Å². The number of benzene rings is 2. The summed E-state index contributed by atoms with van der Waals surface area (Å²) in [4.78, 5) is 24.3. The van der Waals surface area contributed by atoms with E-state index >= 15 is 0 Å². The molecule has 10 heteroatoms. The van der Waals surface area contributed by atoms with E-state index < -0.39 is 5.25 Å². The van der Waals surface area contributed by atoms with Gasteiger partial charge < -0.3 is 15.2 Å². The minimum atomic E-state index is -0.472. The maximum atomic E-state index is 12.8. The molecule has 2 N–H and O–H groups in total. The van der Waals surface area contributed by atoms with Crippen LogP contribution in [-0.2, 0) is 4.79 Å². The predicted molar refractivity (Wildman–Crippen MR) is 101 cm³/mol. The number of tetrazole rings is 1. The van der Waals surface area contributed by atoms with Crippen molar-refractivity contribution in [1.82, 2.24) is 20.2 Å². The lowest BCUT2D eigenvalue weighted by Crippen LogP contribution is -2.25. The molecule has 2 aromatic carbocycles. The number of aromatic nitrogens is 4. The molecule has 4 rings (SSSR count). The minimum absolute atomic E-state index is 0.0353. The van der Waals surface area contributed by atoms with Gasteiger partial charge in [0.15, 0.2) is 12.4 Å². The smallest absolute Gasteiger partial charge is 0.262 e. The fourth-order valence-electron chi connectivity index (χ4n) is 2.69. The number of amides is 1. The average Bonchev–Trinajstić information content (AvgIpc) is 3.15. The van der Waals surface area contributed by atoms with Crippen LogP contribution in [0.4, 0.5) is 5.69 Å². The number of phenolic OH excluding ortho intramolecular Hbond substituents is 1. The Morgan fingerprint density at radius 1 is 1.29 bits per heavy atom. The topological polar surface area (TPSA) is 119 Å². The first-order valence-electron chi connectivity index (χ1n) is 8.36. The summed E-state index contributed by atoms with van der Waals surface area (Å²) in [5.41, 5.74) is 1.60. The van der Waals surface area contributed by atoms with E-state index in [4.69, 9.17) is 4.74 Å². The van der Waals surface area contributed by atoms with E-state index in [1.165, 1.54) is 28.6 Å². The zero-order valence-electron chi connectivity index (χ0n) is 14.7. The van der Waals surface area contributed by atoms with Crippen LogP contribution in [-0.4, -0.2) is 48.9 Å². The van der Waals surface area contributed by atoms with Gasteiger partial charge in [-0.25, -0.2) is 0 Å². The van der Waals surface area contributed by atoms with Gasteiger partial charge in [-0.15, -0.1) is 5.10 Å². The highest BCUT2D eigenvalue weighted by atomic mass is 32.2. The number of Topliss-reactive ketones (excluding diaryl/α,β-unsaturated/α-hetero) is 1. The zero-order valence-corrected chi connectivity index (χ0v) is 15.5. The highest BCUT2D eigenvalue weighted by Crippen LogP contribution is 2.31. The van der Waals surface area contributed by atoms with E-state index in [1.54, 1.807) is 37.3 Å². The van der Waals surface area contributed by atoms with Crippen molar-refractivity contribution in [3.63, 3.8) is 0 Å². The number of thioether (sulfide) groups is 1. The van der Waals surface area contributed by atoms with Crippen LogP contribution >= 0.6 is 11.8 Å². The van der Waals surface area contributed by atoms with Crippen molar-refractivity contribution in [1.29, 1.82) is 0 Å². The monoisotopic (exact) mass is 397 g/mol. The maximum absolute atomic E-state index is 12.8. The van der Waals surface area contributed by atoms with Crippen molar-refractivity contribution >= 4 is 29.1 Å². The molecule has 1 unspecified atom stereocenters. The van der Waals surface area contributed by atoms with Gasteiger partial charge in [0.25, 0.3) is 5.91 Å². The Morgan fingerprint density at radius 3 is 2.86 bits per heavy atom. The third-order valence-corrected chi connectivity index (χ3v) is 5.12. The van der Waals surface area contributed by atoms with Crippen molar-refractivity contribution < 1.29 is 19.4 Å². The molecule has 3 aromatic rings. The Morgan fingerprint density at radius 2 is 2.07 bits per heavy atom. The molecule has 2 heterocycles. The standard InChI is InChI=1S/C18H15N5O4S/c1-10(17(26)11-2-7-15-14(8-11)19-16(25)9-27-15)28-18-20-21-22-23(18)12-3-5-13(24)6-4-12/h2-8,10,24H,9H2,1H3,(H,19,25). The molecular formula is C18H15N5O4S. The number of aromatic hydroxyl groups is 1. The molecule has 0 bridgehead atoms. The fraction of sp³-hybridized carbons (Fsp3) is 0.167. The van der Waals surface area contributed by atoms with Gasteiger partial charge in [-0.05, 0) is 59.8 Å². The number of carbonyl (C=O) groups is 2. The Labute approximate surface area is 163 Å². The molecule has 0 spiro atoms. The van der Waals surface area contributed by atoms with Crippen molar-refractivity contribution in [2.75, 3.05) is 11.9 Å². The van der Waals surface area contributed by atoms with Gasteiger partial charge >= 0.3 is 0 Å². The lowest BCUT2D eigenvalue weighted by atomic mass is 10.1. The van der Waals surface area contributed by atoms with Gasteiger partial charge in [0.2, 0.25) is 5.16 Å². The van der Waals surface area contributed by atoms with E-state index in [0.29, 0.717) is 27.8 Å². The van der Waals surface area contributed by atoms with Gasteiger partial charge in [-0.2, -0.15) is 4.68 Å². The number of ether oxygens (including phenoxy) is 1. The highest BCUT2D eigenvalue weighted by molar-refractivity contribution is 8.00. The average molecular weight is 397 g/mol. The third kappa shape index (κ3) is 3.54. The summed E-state index contributed by atoms with van der Waals surface area (Å²) in [6.45, 7) is 1.73. The van der Waals surface area contributed by atoms with Crippen molar-refractivity contribution in [2.24, 2.45) is 0 Å². The number of fused-ring (bicyclic) bond motifs is 1. The lowest BCUT2D eigenvalue weighted by molar-refractivity contribution is -0.118. The first-order chi connectivity index (χ1) is 13.5. The quantitative estimate of drug-likeness (QED) is 0.496. The van der Waals surface area contributed by atoms with Crippen LogP contribution in [0.2, 0.25) is 0 Å². The predicted octanol–water partition coefficient (Wildman–Crippen LogP) is 2.06. The Bertz CT molecular complexity index is 1050. The fourth-order valence-corrected chi connectivity index (χ4v) is 3.58. The number of carbonyl (C=O) groups excluding carboxylic acids is 2. The van der Waals surface area contributed by atoms with E-state index in [1.807, 2.05) is 0 Å². The molecule has 0 saturated heterocycles. The van der Waals surface area contributed by atoms with E-state index in [2.05, 4.69) is 20.8 Å². The SMILES string of the molecule is CC(Sc1nnnn1-c1ccc(O)cc1)C(=O)c1ccc2c(c1)NC(=O)CO2.